The maximum absolute atomic E-state index is 9.93. The summed E-state index contributed by atoms with van der Waals surface area (Å²) in [7, 11) is 0. The van der Waals surface area contributed by atoms with E-state index in [1.165, 1.54) is 51.4 Å². The Kier molecular flexibility index (Phi) is 14.8. The van der Waals surface area contributed by atoms with Crippen LogP contribution in [0.2, 0.25) is 0 Å². The average Bonchev–Trinajstić information content (AvgIpc) is 2.44. The maximum Gasteiger partial charge on any atom is 0.0799 e. The Morgan fingerprint density at radius 2 is 1.00 bits per heavy atom. The molecule has 0 aliphatic heterocycles. The molecule has 0 aliphatic rings. The van der Waals surface area contributed by atoms with E-state index in [-0.39, 0.29) is 0 Å². The van der Waals surface area contributed by atoms with E-state index in [2.05, 4.69) is 20.8 Å². The second-order valence-electron chi connectivity index (χ2n) is 7.08. The highest BCUT2D eigenvalue weighted by Crippen LogP contribution is 2.15. The predicted octanol–water partition coefficient (Wildman–Crippen LogP) is 5.46. The van der Waals surface area contributed by atoms with E-state index in [9.17, 15) is 10.2 Å². The van der Waals surface area contributed by atoms with E-state index < -0.39 is 12.2 Å². The Morgan fingerprint density at radius 3 is 1.48 bits per heavy atom. The number of aliphatic hydroxyl groups is 2. The van der Waals surface area contributed by atoms with Gasteiger partial charge in [-0.1, -0.05) is 91.4 Å². The van der Waals surface area contributed by atoms with Crippen LogP contribution in [0.5, 0.6) is 0 Å². The molecule has 2 nitrogen and oxygen atoms in total. The normalized spacial score (nSPS) is 14.6. The number of aliphatic hydroxyl groups excluding tert-OH is 2. The highest BCUT2D eigenvalue weighted by atomic mass is 16.3. The highest BCUT2D eigenvalue weighted by Gasteiger charge is 2.15. The van der Waals surface area contributed by atoms with Crippen molar-refractivity contribution >= 4 is 0 Å². The van der Waals surface area contributed by atoms with Crippen molar-refractivity contribution in [2.45, 2.75) is 116 Å². The Hall–Kier alpha value is -0.0800. The summed E-state index contributed by atoms with van der Waals surface area (Å²) in [6.45, 7) is 6.65. The monoisotopic (exact) mass is 300 g/mol. The molecule has 0 aromatic carbocycles. The molecule has 0 aromatic rings. The van der Waals surface area contributed by atoms with E-state index in [4.69, 9.17) is 0 Å². The Bertz CT molecular complexity index is 204. The van der Waals surface area contributed by atoms with Crippen LogP contribution in [0.4, 0.5) is 0 Å². The first-order valence-corrected chi connectivity index (χ1v) is 9.44. The minimum absolute atomic E-state index is 0.512. The van der Waals surface area contributed by atoms with Crippen molar-refractivity contribution in [1.29, 1.82) is 0 Å². The molecule has 0 saturated heterocycles. The summed E-state index contributed by atoms with van der Waals surface area (Å²) < 4.78 is 0. The second kappa shape index (κ2) is 14.8. The molecule has 0 saturated carbocycles. The standard InChI is InChI=1S/C19H40O2/c1-4-5-6-7-8-9-10-11-12-15-18(20)19(21)16-13-14-17(2)3/h17-21H,4-16H2,1-3H3/t18-,19-/m0/s1. The zero-order valence-electron chi connectivity index (χ0n) is 14.8. The lowest BCUT2D eigenvalue weighted by Gasteiger charge is -2.18. The van der Waals surface area contributed by atoms with Gasteiger partial charge in [-0.25, -0.2) is 0 Å². The molecule has 0 heterocycles. The summed E-state index contributed by atoms with van der Waals surface area (Å²) in [4.78, 5) is 0. The molecule has 0 aromatic heterocycles. The van der Waals surface area contributed by atoms with E-state index in [1.807, 2.05) is 0 Å². The summed E-state index contributed by atoms with van der Waals surface area (Å²) in [6, 6.07) is 0. The number of hydrogen-bond donors (Lipinski definition) is 2. The quantitative estimate of drug-likeness (QED) is 0.394. The van der Waals surface area contributed by atoms with Gasteiger partial charge in [0.2, 0.25) is 0 Å². The largest absolute Gasteiger partial charge is 0.390 e. The van der Waals surface area contributed by atoms with Crippen molar-refractivity contribution in [2.24, 2.45) is 5.92 Å². The molecule has 0 fully saturated rings. The third-order valence-electron chi connectivity index (χ3n) is 4.33. The van der Waals surface area contributed by atoms with Gasteiger partial charge in [0.05, 0.1) is 12.2 Å². The van der Waals surface area contributed by atoms with Crippen LogP contribution in [0.1, 0.15) is 104 Å². The summed E-state index contributed by atoms with van der Waals surface area (Å²) in [5, 5.41) is 19.8. The molecule has 0 spiro atoms. The topological polar surface area (TPSA) is 40.5 Å². The van der Waals surface area contributed by atoms with Crippen LogP contribution in [0.25, 0.3) is 0 Å². The fourth-order valence-electron chi connectivity index (χ4n) is 2.78. The van der Waals surface area contributed by atoms with Crippen LogP contribution in [0.15, 0.2) is 0 Å². The summed E-state index contributed by atoms with van der Waals surface area (Å²) in [5.74, 6) is 0.687. The van der Waals surface area contributed by atoms with Crippen molar-refractivity contribution < 1.29 is 10.2 Å². The molecule has 2 N–H and O–H groups in total. The summed E-state index contributed by atoms with van der Waals surface area (Å²) in [5.41, 5.74) is 0. The van der Waals surface area contributed by atoms with Crippen molar-refractivity contribution in [1.82, 2.24) is 0 Å². The lowest BCUT2D eigenvalue weighted by atomic mass is 9.98. The van der Waals surface area contributed by atoms with Gasteiger partial charge in [-0.3, -0.25) is 0 Å². The molecule has 128 valence electrons. The SMILES string of the molecule is CCCCCCCCCCC[C@H](O)[C@@H](O)CCCC(C)C. The van der Waals surface area contributed by atoms with Crippen molar-refractivity contribution in [3.63, 3.8) is 0 Å². The molecular weight excluding hydrogens is 260 g/mol. The number of unbranched alkanes of at least 4 members (excludes halogenated alkanes) is 8. The van der Waals surface area contributed by atoms with Crippen molar-refractivity contribution in [3.05, 3.63) is 0 Å². The Morgan fingerprint density at radius 1 is 0.571 bits per heavy atom. The fraction of sp³-hybridized carbons (Fsp3) is 1.00. The molecule has 0 radical (unpaired) electrons. The smallest absolute Gasteiger partial charge is 0.0799 e. The molecule has 2 atom stereocenters. The minimum atomic E-state index is -0.516. The molecule has 0 rings (SSSR count). The first kappa shape index (κ1) is 20.9. The second-order valence-corrected chi connectivity index (χ2v) is 7.08. The number of hydrogen-bond acceptors (Lipinski definition) is 2. The molecular formula is C19H40O2. The van der Waals surface area contributed by atoms with Crippen LogP contribution in [0, 0.1) is 5.92 Å². The van der Waals surface area contributed by atoms with Gasteiger partial charge in [0.15, 0.2) is 0 Å². The van der Waals surface area contributed by atoms with Gasteiger partial charge in [0, 0.05) is 0 Å². The van der Waals surface area contributed by atoms with Crippen LogP contribution in [0.3, 0.4) is 0 Å². The predicted molar refractivity (Wildman–Crippen MR) is 92.5 cm³/mol. The van der Waals surface area contributed by atoms with Gasteiger partial charge in [-0.05, 0) is 18.8 Å². The van der Waals surface area contributed by atoms with E-state index in [1.54, 1.807) is 0 Å². The van der Waals surface area contributed by atoms with E-state index in [0.29, 0.717) is 5.92 Å². The molecule has 2 heteroatoms. The van der Waals surface area contributed by atoms with Crippen LogP contribution in [-0.2, 0) is 0 Å². The molecule has 0 aliphatic carbocycles. The zero-order valence-corrected chi connectivity index (χ0v) is 14.8. The Balaban J connectivity index is 3.34. The van der Waals surface area contributed by atoms with Gasteiger partial charge in [0.25, 0.3) is 0 Å². The maximum atomic E-state index is 9.93. The van der Waals surface area contributed by atoms with Gasteiger partial charge in [-0.15, -0.1) is 0 Å². The molecule has 0 amide bonds. The molecule has 0 unspecified atom stereocenters. The van der Waals surface area contributed by atoms with Gasteiger partial charge < -0.3 is 10.2 Å². The van der Waals surface area contributed by atoms with Gasteiger partial charge in [0.1, 0.15) is 0 Å². The summed E-state index contributed by atoms with van der Waals surface area (Å²) in [6.07, 6.45) is 14.3. The molecule has 0 bridgehead atoms. The lowest BCUT2D eigenvalue weighted by Crippen LogP contribution is -2.25. The molecule has 21 heavy (non-hydrogen) atoms. The fourth-order valence-corrected chi connectivity index (χ4v) is 2.78. The average molecular weight is 301 g/mol. The zero-order chi connectivity index (χ0) is 15.9. The third kappa shape index (κ3) is 14.6. The highest BCUT2D eigenvalue weighted by molar-refractivity contribution is 4.67. The number of rotatable bonds is 15. The van der Waals surface area contributed by atoms with Crippen molar-refractivity contribution in [2.75, 3.05) is 0 Å². The first-order valence-electron chi connectivity index (χ1n) is 9.44. The van der Waals surface area contributed by atoms with Crippen LogP contribution < -0.4 is 0 Å². The minimum Gasteiger partial charge on any atom is -0.390 e. The van der Waals surface area contributed by atoms with Crippen molar-refractivity contribution in [3.8, 4) is 0 Å². The van der Waals surface area contributed by atoms with E-state index >= 15 is 0 Å². The van der Waals surface area contributed by atoms with Crippen LogP contribution in [-0.4, -0.2) is 22.4 Å². The third-order valence-corrected chi connectivity index (χ3v) is 4.33. The van der Waals surface area contributed by atoms with Crippen LogP contribution >= 0.6 is 0 Å². The van der Waals surface area contributed by atoms with Gasteiger partial charge in [-0.2, -0.15) is 0 Å². The Labute approximate surface area is 133 Å². The summed E-state index contributed by atoms with van der Waals surface area (Å²) >= 11 is 0. The lowest BCUT2D eigenvalue weighted by molar-refractivity contribution is 0.00677. The van der Waals surface area contributed by atoms with Gasteiger partial charge >= 0.3 is 0 Å². The first-order chi connectivity index (χ1) is 10.1. The van der Waals surface area contributed by atoms with E-state index in [0.717, 1.165) is 32.1 Å².